The van der Waals surface area contributed by atoms with Crippen molar-refractivity contribution in [3.05, 3.63) is 23.3 Å². The summed E-state index contributed by atoms with van der Waals surface area (Å²) in [5, 5.41) is 0.180. The van der Waals surface area contributed by atoms with Crippen molar-refractivity contribution in [1.82, 2.24) is 0 Å². The predicted octanol–water partition coefficient (Wildman–Crippen LogP) is 4.99. The van der Waals surface area contributed by atoms with Crippen LogP contribution in [0.3, 0.4) is 0 Å². The summed E-state index contributed by atoms with van der Waals surface area (Å²) in [6.07, 6.45) is 0. The summed E-state index contributed by atoms with van der Waals surface area (Å²) in [5.41, 5.74) is 2.79. The standard InChI is InChI=1S/C20H35BO3Si/c1-14-12-16(22-25(10,11)18(3,4)5)13-15(2)17(14)21-23-19(6,7)20(8,9)24-21/h12-13H,1-11H3. The highest BCUT2D eigenvalue weighted by atomic mass is 28.4. The number of benzene rings is 1. The molecule has 0 bridgehead atoms. The van der Waals surface area contributed by atoms with Crippen molar-refractivity contribution in [2.24, 2.45) is 0 Å². The van der Waals surface area contributed by atoms with Crippen LogP contribution in [0.4, 0.5) is 0 Å². The van der Waals surface area contributed by atoms with Gasteiger partial charge in [0.25, 0.3) is 0 Å². The fourth-order valence-corrected chi connectivity index (χ4v) is 3.79. The van der Waals surface area contributed by atoms with Gasteiger partial charge in [-0.3, -0.25) is 0 Å². The van der Waals surface area contributed by atoms with E-state index in [2.05, 4.69) is 87.5 Å². The van der Waals surface area contributed by atoms with E-state index in [1.54, 1.807) is 0 Å². The summed E-state index contributed by atoms with van der Waals surface area (Å²) >= 11 is 0. The molecule has 1 aliphatic heterocycles. The molecule has 140 valence electrons. The average molecular weight is 362 g/mol. The van der Waals surface area contributed by atoms with Crippen molar-refractivity contribution in [3.63, 3.8) is 0 Å². The van der Waals surface area contributed by atoms with Gasteiger partial charge in [-0.15, -0.1) is 0 Å². The Morgan fingerprint density at radius 1 is 0.920 bits per heavy atom. The number of rotatable bonds is 3. The molecule has 0 unspecified atom stereocenters. The SMILES string of the molecule is Cc1cc(O[Si](C)(C)C(C)(C)C)cc(C)c1B1OC(C)(C)C(C)(C)O1. The van der Waals surface area contributed by atoms with E-state index >= 15 is 0 Å². The third-order valence-electron chi connectivity index (χ3n) is 6.24. The second-order valence-electron chi connectivity index (χ2n) is 9.92. The molecule has 0 saturated carbocycles. The molecule has 0 aromatic heterocycles. The number of hydrogen-bond donors (Lipinski definition) is 0. The van der Waals surface area contributed by atoms with E-state index in [0.29, 0.717) is 0 Å². The zero-order valence-electron chi connectivity index (χ0n) is 18.0. The highest BCUT2D eigenvalue weighted by Gasteiger charge is 2.52. The van der Waals surface area contributed by atoms with Crippen LogP contribution in [0.25, 0.3) is 0 Å². The molecule has 25 heavy (non-hydrogen) atoms. The first kappa shape index (κ1) is 20.5. The minimum Gasteiger partial charge on any atom is -0.543 e. The van der Waals surface area contributed by atoms with Crippen molar-refractivity contribution < 1.29 is 13.7 Å². The Balaban J connectivity index is 2.34. The second kappa shape index (κ2) is 6.14. The van der Waals surface area contributed by atoms with Gasteiger partial charge in [-0.05, 0) is 88.4 Å². The summed E-state index contributed by atoms with van der Waals surface area (Å²) in [6.45, 7) is 23.9. The Morgan fingerprint density at radius 2 is 1.32 bits per heavy atom. The molecule has 1 aliphatic rings. The van der Waals surface area contributed by atoms with Crippen LogP contribution in [0.15, 0.2) is 12.1 Å². The summed E-state index contributed by atoms with van der Waals surface area (Å²) < 4.78 is 19.0. The van der Waals surface area contributed by atoms with E-state index in [-0.39, 0.29) is 23.4 Å². The summed E-state index contributed by atoms with van der Waals surface area (Å²) in [4.78, 5) is 0. The Hall–Kier alpha value is -0.778. The molecule has 0 atom stereocenters. The topological polar surface area (TPSA) is 27.7 Å². The van der Waals surface area contributed by atoms with Crippen LogP contribution in [0.5, 0.6) is 5.75 Å². The van der Waals surface area contributed by atoms with Gasteiger partial charge in [0.15, 0.2) is 0 Å². The predicted molar refractivity (Wildman–Crippen MR) is 109 cm³/mol. The van der Waals surface area contributed by atoms with Crippen LogP contribution in [-0.2, 0) is 9.31 Å². The first-order valence-electron chi connectivity index (χ1n) is 9.23. The van der Waals surface area contributed by atoms with Crippen LogP contribution in [0.1, 0.15) is 59.6 Å². The third kappa shape index (κ3) is 3.83. The molecule has 0 radical (unpaired) electrons. The maximum Gasteiger partial charge on any atom is 0.495 e. The van der Waals surface area contributed by atoms with Gasteiger partial charge in [-0.1, -0.05) is 20.8 Å². The molecule has 0 N–H and O–H groups in total. The van der Waals surface area contributed by atoms with E-state index < -0.39 is 8.32 Å². The molecule has 1 saturated heterocycles. The van der Waals surface area contributed by atoms with Gasteiger partial charge in [0.1, 0.15) is 5.75 Å². The molecule has 0 amide bonds. The first-order valence-corrected chi connectivity index (χ1v) is 12.1. The van der Waals surface area contributed by atoms with Gasteiger partial charge < -0.3 is 13.7 Å². The summed E-state index contributed by atoms with van der Waals surface area (Å²) in [6, 6.07) is 4.27. The normalized spacial score (nSPS) is 20.0. The Kier molecular flexibility index (Phi) is 5.04. The van der Waals surface area contributed by atoms with Crippen molar-refractivity contribution in [1.29, 1.82) is 0 Å². The zero-order valence-corrected chi connectivity index (χ0v) is 19.0. The Labute approximate surface area is 155 Å². The Morgan fingerprint density at radius 3 is 1.68 bits per heavy atom. The molecule has 0 spiro atoms. The van der Waals surface area contributed by atoms with Crippen LogP contribution in [-0.4, -0.2) is 26.6 Å². The van der Waals surface area contributed by atoms with E-state index in [0.717, 1.165) is 22.3 Å². The van der Waals surface area contributed by atoms with Crippen molar-refractivity contribution in [2.45, 2.75) is 91.6 Å². The molecule has 0 aliphatic carbocycles. The van der Waals surface area contributed by atoms with Crippen molar-refractivity contribution >= 4 is 20.9 Å². The molecule has 3 nitrogen and oxygen atoms in total. The number of hydrogen-bond acceptors (Lipinski definition) is 3. The Bertz CT molecular complexity index is 620. The maximum atomic E-state index is 6.48. The van der Waals surface area contributed by atoms with Gasteiger partial charge in [-0.25, -0.2) is 0 Å². The lowest BCUT2D eigenvalue weighted by molar-refractivity contribution is 0.00578. The van der Waals surface area contributed by atoms with Crippen LogP contribution in [0, 0.1) is 13.8 Å². The number of aryl methyl sites for hydroxylation is 2. The van der Waals surface area contributed by atoms with Gasteiger partial charge in [0.05, 0.1) is 11.2 Å². The largest absolute Gasteiger partial charge is 0.543 e. The lowest BCUT2D eigenvalue weighted by Gasteiger charge is -2.36. The van der Waals surface area contributed by atoms with Crippen LogP contribution in [0.2, 0.25) is 18.1 Å². The lowest BCUT2D eigenvalue weighted by atomic mass is 9.73. The fourth-order valence-electron chi connectivity index (χ4n) is 2.77. The van der Waals surface area contributed by atoms with Gasteiger partial charge in [0, 0.05) is 0 Å². The highest BCUT2D eigenvalue weighted by molar-refractivity contribution is 6.74. The molecule has 5 heteroatoms. The molecule has 1 aromatic carbocycles. The van der Waals surface area contributed by atoms with Crippen LogP contribution < -0.4 is 9.89 Å². The minimum atomic E-state index is -1.85. The van der Waals surface area contributed by atoms with E-state index in [4.69, 9.17) is 13.7 Å². The highest BCUT2D eigenvalue weighted by Crippen LogP contribution is 2.39. The molecular formula is C20H35BO3Si. The van der Waals surface area contributed by atoms with Gasteiger partial charge in [0.2, 0.25) is 8.32 Å². The summed E-state index contributed by atoms with van der Waals surface area (Å²) in [7, 11) is -2.18. The fraction of sp³-hybridized carbons (Fsp3) is 0.700. The molecular weight excluding hydrogens is 327 g/mol. The summed E-state index contributed by atoms with van der Waals surface area (Å²) in [5.74, 6) is 0.960. The minimum absolute atomic E-state index is 0.180. The zero-order chi connectivity index (χ0) is 19.4. The molecule has 1 fully saturated rings. The van der Waals surface area contributed by atoms with Crippen molar-refractivity contribution in [2.75, 3.05) is 0 Å². The molecule has 1 heterocycles. The maximum absolute atomic E-state index is 6.48. The smallest absolute Gasteiger partial charge is 0.495 e. The van der Waals surface area contributed by atoms with Crippen molar-refractivity contribution in [3.8, 4) is 5.75 Å². The quantitative estimate of drug-likeness (QED) is 0.709. The molecule has 2 rings (SSSR count). The lowest BCUT2D eigenvalue weighted by Crippen LogP contribution is -2.44. The van der Waals surface area contributed by atoms with E-state index in [1.807, 2.05) is 0 Å². The second-order valence-corrected chi connectivity index (χ2v) is 14.6. The van der Waals surface area contributed by atoms with E-state index in [9.17, 15) is 0 Å². The third-order valence-corrected chi connectivity index (χ3v) is 10.6. The van der Waals surface area contributed by atoms with Gasteiger partial charge in [-0.2, -0.15) is 0 Å². The monoisotopic (exact) mass is 362 g/mol. The van der Waals surface area contributed by atoms with E-state index in [1.165, 1.54) is 0 Å². The average Bonchev–Trinajstić information content (AvgIpc) is 2.54. The molecule has 1 aromatic rings. The van der Waals surface area contributed by atoms with Crippen LogP contribution >= 0.6 is 0 Å². The first-order chi connectivity index (χ1) is 11.1. The van der Waals surface area contributed by atoms with Gasteiger partial charge >= 0.3 is 7.12 Å².